The Bertz CT molecular complexity index is 1030. The summed E-state index contributed by atoms with van der Waals surface area (Å²) >= 11 is 0. The number of amides is 2. The number of anilines is 1. The van der Waals surface area contributed by atoms with E-state index in [0.717, 1.165) is 37.7 Å². The van der Waals surface area contributed by atoms with Crippen molar-refractivity contribution in [2.45, 2.75) is 57.5 Å². The van der Waals surface area contributed by atoms with E-state index in [2.05, 4.69) is 10.3 Å². The second-order valence-electron chi connectivity index (χ2n) is 8.16. The highest BCUT2D eigenvalue weighted by atomic mass is 16.3. The van der Waals surface area contributed by atoms with Crippen molar-refractivity contribution in [3.05, 3.63) is 84.1 Å². The molecule has 1 aliphatic rings. The number of aromatic nitrogens is 1. The lowest BCUT2D eigenvalue weighted by molar-refractivity contribution is -0.123. The van der Waals surface area contributed by atoms with Gasteiger partial charge in [-0.25, -0.2) is 0 Å². The summed E-state index contributed by atoms with van der Waals surface area (Å²) in [5.41, 5.74) is 2.40. The lowest BCUT2D eigenvalue weighted by Gasteiger charge is -2.34. The highest BCUT2D eigenvalue weighted by Crippen LogP contribution is 2.33. The number of pyridine rings is 1. The van der Waals surface area contributed by atoms with Gasteiger partial charge in [-0.15, -0.1) is 0 Å². The molecule has 2 heterocycles. The molecule has 4 rings (SSSR count). The number of para-hydroxylation sites is 1. The van der Waals surface area contributed by atoms with Crippen LogP contribution in [0.5, 0.6) is 0 Å². The van der Waals surface area contributed by atoms with Gasteiger partial charge < -0.3 is 9.73 Å². The molecular formula is C26H29N3O3. The van der Waals surface area contributed by atoms with Gasteiger partial charge in [0.1, 0.15) is 6.04 Å². The minimum Gasteiger partial charge on any atom is -0.459 e. The minimum absolute atomic E-state index is 0.127. The number of benzene rings is 1. The summed E-state index contributed by atoms with van der Waals surface area (Å²) in [6, 6.07) is 13.9. The van der Waals surface area contributed by atoms with Gasteiger partial charge in [-0.1, -0.05) is 44.4 Å². The van der Waals surface area contributed by atoms with Crippen LogP contribution in [0.2, 0.25) is 0 Å². The molecule has 0 radical (unpaired) electrons. The SMILES string of the molecule is CCc1ccccc1N(C(=O)c1ccco1)C(C(=O)NC1CCCCC1)c1ccncc1. The van der Waals surface area contributed by atoms with Crippen molar-refractivity contribution in [1.29, 1.82) is 0 Å². The van der Waals surface area contributed by atoms with E-state index in [1.807, 2.05) is 31.2 Å². The van der Waals surface area contributed by atoms with Crippen LogP contribution in [-0.4, -0.2) is 22.8 Å². The van der Waals surface area contributed by atoms with E-state index in [-0.39, 0.29) is 23.6 Å². The first-order chi connectivity index (χ1) is 15.7. The zero-order valence-electron chi connectivity index (χ0n) is 18.4. The van der Waals surface area contributed by atoms with Crippen LogP contribution in [0.1, 0.15) is 66.8 Å². The molecule has 32 heavy (non-hydrogen) atoms. The quantitative estimate of drug-likeness (QED) is 0.566. The van der Waals surface area contributed by atoms with Crippen LogP contribution in [0.15, 0.2) is 71.6 Å². The van der Waals surface area contributed by atoms with E-state index in [0.29, 0.717) is 11.3 Å². The van der Waals surface area contributed by atoms with Crippen LogP contribution in [0, 0.1) is 0 Å². The van der Waals surface area contributed by atoms with Crippen LogP contribution in [0.3, 0.4) is 0 Å². The highest BCUT2D eigenvalue weighted by molar-refractivity contribution is 6.09. The van der Waals surface area contributed by atoms with Crippen molar-refractivity contribution < 1.29 is 14.0 Å². The largest absolute Gasteiger partial charge is 0.459 e. The summed E-state index contributed by atoms with van der Waals surface area (Å²) in [5, 5.41) is 3.22. The summed E-state index contributed by atoms with van der Waals surface area (Å²) in [5.74, 6) is -0.342. The summed E-state index contributed by atoms with van der Waals surface area (Å²) < 4.78 is 5.45. The normalized spacial score (nSPS) is 15.2. The standard InChI is InChI=1S/C26H29N3O3/c1-2-19-9-6-7-12-22(19)29(26(31)23-13-8-18-32-23)24(20-14-16-27-17-15-20)25(30)28-21-10-4-3-5-11-21/h6-9,12-18,21,24H,2-5,10-11H2,1H3,(H,28,30). The van der Waals surface area contributed by atoms with Crippen molar-refractivity contribution >= 4 is 17.5 Å². The fraction of sp³-hybridized carbons (Fsp3) is 0.346. The van der Waals surface area contributed by atoms with Crippen LogP contribution >= 0.6 is 0 Å². The van der Waals surface area contributed by atoms with Crippen molar-refractivity contribution in [1.82, 2.24) is 10.3 Å². The van der Waals surface area contributed by atoms with Crippen molar-refractivity contribution in [3.63, 3.8) is 0 Å². The van der Waals surface area contributed by atoms with Crippen LogP contribution in [-0.2, 0) is 11.2 Å². The van der Waals surface area contributed by atoms with E-state index >= 15 is 0 Å². The molecule has 166 valence electrons. The Balaban J connectivity index is 1.80. The Morgan fingerprint density at radius 2 is 1.81 bits per heavy atom. The van der Waals surface area contributed by atoms with Crippen molar-refractivity contribution in [2.24, 2.45) is 0 Å². The molecule has 1 fully saturated rings. The van der Waals surface area contributed by atoms with Gasteiger partial charge in [0.05, 0.1) is 6.26 Å². The zero-order valence-corrected chi connectivity index (χ0v) is 18.4. The molecule has 6 heteroatoms. The fourth-order valence-corrected chi connectivity index (χ4v) is 4.42. The molecule has 1 aliphatic carbocycles. The Labute approximate surface area is 188 Å². The van der Waals surface area contributed by atoms with Crippen LogP contribution < -0.4 is 10.2 Å². The Morgan fingerprint density at radius 3 is 2.50 bits per heavy atom. The Morgan fingerprint density at radius 1 is 1.06 bits per heavy atom. The molecule has 1 atom stereocenters. The first kappa shape index (κ1) is 21.8. The van der Waals surface area contributed by atoms with E-state index in [1.165, 1.54) is 12.7 Å². The molecule has 0 spiro atoms. The number of furan rings is 1. The molecule has 1 saturated carbocycles. The molecule has 0 saturated heterocycles. The van der Waals surface area contributed by atoms with Crippen LogP contribution in [0.25, 0.3) is 0 Å². The molecule has 1 unspecified atom stereocenters. The molecule has 6 nitrogen and oxygen atoms in total. The van der Waals surface area contributed by atoms with Gasteiger partial charge >= 0.3 is 0 Å². The Hall–Kier alpha value is -3.41. The van der Waals surface area contributed by atoms with Gasteiger partial charge in [-0.05, 0) is 60.7 Å². The molecule has 0 aliphatic heterocycles. The maximum atomic E-state index is 13.7. The third-order valence-corrected chi connectivity index (χ3v) is 6.06. The second-order valence-corrected chi connectivity index (χ2v) is 8.16. The molecule has 2 aromatic heterocycles. The minimum atomic E-state index is -0.842. The fourth-order valence-electron chi connectivity index (χ4n) is 4.42. The van der Waals surface area contributed by atoms with E-state index in [4.69, 9.17) is 4.42 Å². The van der Waals surface area contributed by atoms with Gasteiger partial charge in [0.15, 0.2) is 5.76 Å². The summed E-state index contributed by atoms with van der Waals surface area (Å²) in [6.45, 7) is 2.04. The first-order valence-corrected chi connectivity index (χ1v) is 11.3. The zero-order chi connectivity index (χ0) is 22.3. The monoisotopic (exact) mass is 431 g/mol. The van der Waals surface area contributed by atoms with Crippen molar-refractivity contribution in [3.8, 4) is 0 Å². The topological polar surface area (TPSA) is 75.4 Å². The van der Waals surface area contributed by atoms with Gasteiger partial charge in [0, 0.05) is 24.1 Å². The lowest BCUT2D eigenvalue weighted by atomic mass is 9.94. The first-order valence-electron chi connectivity index (χ1n) is 11.3. The average Bonchev–Trinajstić information content (AvgIpc) is 3.38. The van der Waals surface area contributed by atoms with Gasteiger partial charge in [0.25, 0.3) is 5.91 Å². The van der Waals surface area contributed by atoms with Crippen LogP contribution in [0.4, 0.5) is 5.69 Å². The van der Waals surface area contributed by atoms with E-state index in [9.17, 15) is 9.59 Å². The third kappa shape index (κ3) is 4.74. The molecule has 2 amide bonds. The smallest absolute Gasteiger partial charge is 0.294 e. The predicted octanol–water partition coefficient (Wildman–Crippen LogP) is 5.07. The maximum Gasteiger partial charge on any atom is 0.294 e. The molecule has 0 bridgehead atoms. The molecular weight excluding hydrogens is 402 g/mol. The van der Waals surface area contributed by atoms with E-state index in [1.54, 1.807) is 41.6 Å². The number of nitrogens with zero attached hydrogens (tertiary/aromatic N) is 2. The summed E-state index contributed by atoms with van der Waals surface area (Å²) in [7, 11) is 0. The molecule has 3 aromatic rings. The molecule has 1 aromatic carbocycles. The number of aryl methyl sites for hydroxylation is 1. The van der Waals surface area contributed by atoms with Gasteiger partial charge in [-0.2, -0.15) is 0 Å². The second kappa shape index (κ2) is 10.3. The number of rotatable bonds is 7. The lowest BCUT2D eigenvalue weighted by Crippen LogP contribution is -2.47. The van der Waals surface area contributed by atoms with E-state index < -0.39 is 6.04 Å². The van der Waals surface area contributed by atoms with Gasteiger partial charge in [-0.3, -0.25) is 19.5 Å². The summed E-state index contributed by atoms with van der Waals surface area (Å²) in [6.07, 6.45) is 10.9. The number of carbonyl (C=O) groups excluding carboxylic acids is 2. The molecule has 1 N–H and O–H groups in total. The average molecular weight is 432 g/mol. The Kier molecular flexibility index (Phi) is 7.00. The van der Waals surface area contributed by atoms with Crippen molar-refractivity contribution in [2.75, 3.05) is 4.90 Å². The number of carbonyl (C=O) groups is 2. The maximum absolute atomic E-state index is 13.7. The highest BCUT2D eigenvalue weighted by Gasteiger charge is 2.36. The number of hydrogen-bond acceptors (Lipinski definition) is 4. The van der Waals surface area contributed by atoms with Gasteiger partial charge in [0.2, 0.25) is 5.91 Å². The number of hydrogen-bond donors (Lipinski definition) is 1. The predicted molar refractivity (Wildman–Crippen MR) is 123 cm³/mol. The number of nitrogens with one attached hydrogen (secondary N) is 1. The summed E-state index contributed by atoms with van der Waals surface area (Å²) in [4.78, 5) is 33.2. The third-order valence-electron chi connectivity index (χ3n) is 6.06.